The van der Waals surface area contributed by atoms with Gasteiger partial charge in [0.15, 0.2) is 0 Å². The first kappa shape index (κ1) is 21.0. The fraction of sp³-hybridized carbons (Fsp3) is 0.409. The van der Waals surface area contributed by atoms with Crippen molar-refractivity contribution < 1.29 is 19.4 Å². The first-order valence-electron chi connectivity index (χ1n) is 9.93. The van der Waals surface area contributed by atoms with E-state index in [4.69, 9.17) is 4.74 Å². The van der Waals surface area contributed by atoms with Gasteiger partial charge < -0.3 is 20.5 Å². The Morgan fingerprint density at radius 1 is 1.10 bits per heavy atom. The van der Waals surface area contributed by atoms with E-state index in [1.54, 1.807) is 36.7 Å². The van der Waals surface area contributed by atoms with E-state index in [0.29, 0.717) is 24.9 Å². The summed E-state index contributed by atoms with van der Waals surface area (Å²) in [6.45, 7) is 0.342. The number of carbonyl (C=O) groups excluding carboxylic acids is 2. The molecule has 154 valence electrons. The second-order valence-electron chi connectivity index (χ2n) is 7.16. The predicted octanol–water partition coefficient (Wildman–Crippen LogP) is 1.47. The Hall–Kier alpha value is -2.77. The van der Waals surface area contributed by atoms with Crippen molar-refractivity contribution in [2.24, 2.45) is 0 Å². The third-order valence-electron chi connectivity index (χ3n) is 5.05. The molecule has 1 aromatic heterocycles. The summed E-state index contributed by atoms with van der Waals surface area (Å²) in [6, 6.07) is 12.5. The largest absolute Gasteiger partial charge is 0.394 e. The maximum Gasteiger partial charge on any atom is 0.251 e. The molecule has 1 aliphatic rings. The van der Waals surface area contributed by atoms with Gasteiger partial charge in [0.1, 0.15) is 6.10 Å². The van der Waals surface area contributed by atoms with E-state index < -0.39 is 6.10 Å². The molecule has 29 heavy (non-hydrogen) atoms. The molecular weight excluding hydrogens is 370 g/mol. The topological polar surface area (TPSA) is 101 Å². The van der Waals surface area contributed by atoms with Crippen molar-refractivity contribution in [2.45, 2.75) is 43.9 Å². The van der Waals surface area contributed by atoms with Gasteiger partial charge in [-0.15, -0.1) is 0 Å². The van der Waals surface area contributed by atoms with Gasteiger partial charge >= 0.3 is 0 Å². The lowest BCUT2D eigenvalue weighted by atomic mass is 9.96. The molecule has 2 heterocycles. The number of aromatic nitrogens is 1. The minimum absolute atomic E-state index is 0.0764. The standard InChI is InChI=1S/C22H27N3O4/c26-15-20-19(25-22(28)17-4-2-1-3-5-17)7-6-18(29-20)14-21(27)24-13-10-16-8-11-23-12-9-16/h1-5,8-9,11-12,18-20,26H,6-7,10,13-15H2,(H,24,27)(H,25,28)/t18-,19-,20-/m0/s1. The number of nitrogens with zero attached hydrogens (tertiary/aromatic N) is 1. The van der Waals surface area contributed by atoms with Gasteiger partial charge in [-0.05, 0) is 49.1 Å². The molecule has 3 N–H and O–H groups in total. The summed E-state index contributed by atoms with van der Waals surface area (Å²) in [6.07, 6.45) is 4.96. The van der Waals surface area contributed by atoms with Crippen LogP contribution in [0.25, 0.3) is 0 Å². The number of hydrogen-bond donors (Lipinski definition) is 3. The fourth-order valence-corrected chi connectivity index (χ4v) is 3.46. The third kappa shape index (κ3) is 6.37. The number of rotatable bonds is 8. The van der Waals surface area contributed by atoms with Crippen LogP contribution in [0.5, 0.6) is 0 Å². The van der Waals surface area contributed by atoms with E-state index in [1.807, 2.05) is 18.2 Å². The summed E-state index contributed by atoms with van der Waals surface area (Å²) in [5.41, 5.74) is 1.69. The Morgan fingerprint density at radius 2 is 1.86 bits per heavy atom. The Morgan fingerprint density at radius 3 is 2.59 bits per heavy atom. The van der Waals surface area contributed by atoms with Crippen LogP contribution < -0.4 is 10.6 Å². The van der Waals surface area contributed by atoms with Crippen molar-refractivity contribution in [1.29, 1.82) is 0 Å². The van der Waals surface area contributed by atoms with Gasteiger partial charge in [-0.3, -0.25) is 14.6 Å². The molecular formula is C22H27N3O4. The van der Waals surface area contributed by atoms with Crippen molar-refractivity contribution in [3.05, 3.63) is 66.0 Å². The van der Waals surface area contributed by atoms with Crippen molar-refractivity contribution in [3.63, 3.8) is 0 Å². The molecule has 3 rings (SSSR count). The molecule has 2 amide bonds. The van der Waals surface area contributed by atoms with Crippen LogP contribution in [0.1, 0.15) is 35.2 Å². The number of aliphatic hydroxyl groups excluding tert-OH is 1. The Labute approximate surface area is 170 Å². The molecule has 1 aromatic carbocycles. The lowest BCUT2D eigenvalue weighted by Crippen LogP contribution is -2.51. The SMILES string of the molecule is O=C(C[C@@H]1CC[C@H](NC(=O)c2ccccc2)[C@H](CO)O1)NCCc1ccncc1. The maximum absolute atomic E-state index is 12.4. The number of amides is 2. The normalized spacial score (nSPS) is 21.3. The molecule has 1 aliphatic heterocycles. The predicted molar refractivity (Wildman–Crippen MR) is 108 cm³/mol. The average molecular weight is 397 g/mol. The number of carbonyl (C=O) groups is 2. The van der Waals surface area contributed by atoms with Crippen LogP contribution in [-0.2, 0) is 16.0 Å². The smallest absolute Gasteiger partial charge is 0.251 e. The van der Waals surface area contributed by atoms with E-state index in [2.05, 4.69) is 15.6 Å². The van der Waals surface area contributed by atoms with Crippen LogP contribution in [0.2, 0.25) is 0 Å². The van der Waals surface area contributed by atoms with Crippen molar-refractivity contribution >= 4 is 11.8 Å². The monoisotopic (exact) mass is 397 g/mol. The minimum Gasteiger partial charge on any atom is -0.394 e. The van der Waals surface area contributed by atoms with Gasteiger partial charge in [-0.1, -0.05) is 18.2 Å². The molecule has 7 heteroatoms. The van der Waals surface area contributed by atoms with Crippen LogP contribution in [0, 0.1) is 0 Å². The Bertz CT molecular complexity index is 785. The van der Waals surface area contributed by atoms with Gasteiger partial charge in [0.05, 0.1) is 25.2 Å². The van der Waals surface area contributed by atoms with Gasteiger partial charge in [0.2, 0.25) is 5.91 Å². The van der Waals surface area contributed by atoms with Gasteiger partial charge in [-0.2, -0.15) is 0 Å². The van der Waals surface area contributed by atoms with Crippen LogP contribution in [0.4, 0.5) is 0 Å². The zero-order valence-corrected chi connectivity index (χ0v) is 16.3. The number of benzene rings is 1. The summed E-state index contributed by atoms with van der Waals surface area (Å²) >= 11 is 0. The molecule has 0 radical (unpaired) electrons. The lowest BCUT2D eigenvalue weighted by Gasteiger charge is -2.36. The van der Waals surface area contributed by atoms with Gasteiger partial charge in [-0.25, -0.2) is 0 Å². The average Bonchev–Trinajstić information content (AvgIpc) is 2.76. The summed E-state index contributed by atoms with van der Waals surface area (Å²) in [5.74, 6) is -0.266. The van der Waals surface area contributed by atoms with E-state index in [1.165, 1.54) is 0 Å². The highest BCUT2D eigenvalue weighted by molar-refractivity contribution is 5.94. The second kappa shape index (κ2) is 10.7. The molecule has 3 atom stereocenters. The van der Waals surface area contributed by atoms with Crippen molar-refractivity contribution in [1.82, 2.24) is 15.6 Å². The molecule has 0 bridgehead atoms. The summed E-state index contributed by atoms with van der Waals surface area (Å²) in [5, 5.41) is 15.5. The number of pyridine rings is 1. The first-order chi connectivity index (χ1) is 14.2. The van der Waals surface area contributed by atoms with Crippen LogP contribution >= 0.6 is 0 Å². The molecule has 1 fully saturated rings. The lowest BCUT2D eigenvalue weighted by molar-refractivity contribution is -0.130. The van der Waals surface area contributed by atoms with Crippen LogP contribution in [0.3, 0.4) is 0 Å². The van der Waals surface area contributed by atoms with E-state index >= 15 is 0 Å². The summed E-state index contributed by atoms with van der Waals surface area (Å²) in [4.78, 5) is 28.5. The Balaban J connectivity index is 1.42. The van der Waals surface area contributed by atoms with Crippen molar-refractivity contribution in [3.8, 4) is 0 Å². The van der Waals surface area contributed by atoms with E-state index in [-0.39, 0.29) is 37.0 Å². The number of aliphatic hydroxyl groups is 1. The third-order valence-corrected chi connectivity index (χ3v) is 5.05. The molecule has 1 saturated heterocycles. The second-order valence-corrected chi connectivity index (χ2v) is 7.16. The highest BCUT2D eigenvalue weighted by Crippen LogP contribution is 2.22. The highest BCUT2D eigenvalue weighted by Gasteiger charge is 2.32. The highest BCUT2D eigenvalue weighted by atomic mass is 16.5. The number of ether oxygens (including phenoxy) is 1. The van der Waals surface area contributed by atoms with Gasteiger partial charge in [0.25, 0.3) is 5.91 Å². The first-order valence-corrected chi connectivity index (χ1v) is 9.93. The van der Waals surface area contributed by atoms with E-state index in [0.717, 1.165) is 12.0 Å². The molecule has 2 aromatic rings. The summed E-state index contributed by atoms with van der Waals surface area (Å²) in [7, 11) is 0. The summed E-state index contributed by atoms with van der Waals surface area (Å²) < 4.78 is 5.89. The zero-order chi connectivity index (χ0) is 20.5. The fourth-order valence-electron chi connectivity index (χ4n) is 3.46. The maximum atomic E-state index is 12.4. The number of nitrogens with one attached hydrogen (secondary N) is 2. The quantitative estimate of drug-likeness (QED) is 0.626. The molecule has 0 unspecified atom stereocenters. The van der Waals surface area contributed by atoms with Crippen molar-refractivity contribution in [2.75, 3.05) is 13.2 Å². The zero-order valence-electron chi connectivity index (χ0n) is 16.3. The van der Waals surface area contributed by atoms with Crippen LogP contribution in [-0.4, -0.2) is 53.3 Å². The molecule has 0 aliphatic carbocycles. The van der Waals surface area contributed by atoms with E-state index in [9.17, 15) is 14.7 Å². The van der Waals surface area contributed by atoms with Crippen LogP contribution in [0.15, 0.2) is 54.9 Å². The van der Waals surface area contributed by atoms with Gasteiger partial charge in [0, 0.05) is 24.5 Å². The minimum atomic E-state index is -0.522. The molecule has 7 nitrogen and oxygen atoms in total. The Kier molecular flexibility index (Phi) is 7.72. The molecule has 0 saturated carbocycles. The number of hydrogen-bond acceptors (Lipinski definition) is 5. The molecule has 0 spiro atoms.